The van der Waals surface area contributed by atoms with Crippen molar-refractivity contribution in [1.29, 1.82) is 0 Å². The third-order valence-electron chi connectivity index (χ3n) is 2.86. The largest absolute Gasteiger partial charge is 0.368 e. The van der Waals surface area contributed by atoms with Gasteiger partial charge in [0.15, 0.2) is 0 Å². The number of H-pyrrole nitrogens is 1. The van der Waals surface area contributed by atoms with Gasteiger partial charge in [-0.2, -0.15) is 0 Å². The zero-order valence-electron chi connectivity index (χ0n) is 9.68. The Labute approximate surface area is 110 Å². The number of halogens is 1. The van der Waals surface area contributed by atoms with Crippen LogP contribution >= 0.6 is 12.4 Å². The van der Waals surface area contributed by atoms with E-state index in [9.17, 15) is 4.79 Å². The van der Waals surface area contributed by atoms with E-state index in [1.54, 1.807) is 6.07 Å². The summed E-state index contributed by atoms with van der Waals surface area (Å²) in [5, 5.41) is 3.73. The highest BCUT2D eigenvalue weighted by molar-refractivity contribution is 5.85. The molecule has 0 amide bonds. The molecule has 2 heterocycles. The molecule has 0 unspecified atom stereocenters. The van der Waals surface area contributed by atoms with Crippen LogP contribution in [0.25, 0.3) is 10.9 Å². The zero-order chi connectivity index (χ0) is 11.7. The van der Waals surface area contributed by atoms with E-state index < -0.39 is 0 Å². The van der Waals surface area contributed by atoms with Gasteiger partial charge in [-0.1, -0.05) is 12.1 Å². The van der Waals surface area contributed by atoms with Gasteiger partial charge in [0.1, 0.15) is 12.4 Å². The van der Waals surface area contributed by atoms with Gasteiger partial charge in [0.05, 0.1) is 17.0 Å². The second kappa shape index (κ2) is 5.48. The summed E-state index contributed by atoms with van der Waals surface area (Å²) in [6.45, 7) is 2.10. The second-order valence-electron chi connectivity index (χ2n) is 4.12. The molecule has 0 radical (unpaired) electrons. The monoisotopic (exact) mass is 267 g/mol. The topological polar surface area (TPSA) is 67.0 Å². The van der Waals surface area contributed by atoms with Crippen molar-refractivity contribution < 1.29 is 4.74 Å². The Morgan fingerprint density at radius 3 is 2.83 bits per heavy atom. The minimum Gasteiger partial charge on any atom is -0.368 e. The minimum absolute atomic E-state index is 0. The molecule has 6 heteroatoms. The smallest absolute Gasteiger partial charge is 0.258 e. The van der Waals surface area contributed by atoms with E-state index in [0.717, 1.165) is 13.1 Å². The molecule has 18 heavy (non-hydrogen) atoms. The summed E-state index contributed by atoms with van der Waals surface area (Å²) in [5.74, 6) is 0.584. The number of benzene rings is 1. The maximum Gasteiger partial charge on any atom is 0.258 e. The standard InChI is InChI=1S/C12H13N3O2.ClH/c16-12-9-3-1-2-4-10(9)14-11(15-12)7-17-8-5-13-6-8;/h1-4,8,13H,5-7H2,(H,14,15,16);1H. The molecule has 0 bridgehead atoms. The summed E-state index contributed by atoms with van der Waals surface area (Å²) in [6, 6.07) is 7.30. The molecule has 1 fully saturated rings. The van der Waals surface area contributed by atoms with E-state index in [-0.39, 0.29) is 24.1 Å². The molecule has 2 N–H and O–H groups in total. The predicted molar refractivity (Wildman–Crippen MR) is 71.1 cm³/mol. The Balaban J connectivity index is 0.00000120. The van der Waals surface area contributed by atoms with Gasteiger partial charge in [0, 0.05) is 13.1 Å². The number of fused-ring (bicyclic) bond motifs is 1. The van der Waals surface area contributed by atoms with Crippen molar-refractivity contribution in [2.45, 2.75) is 12.7 Å². The lowest BCUT2D eigenvalue weighted by atomic mass is 10.2. The van der Waals surface area contributed by atoms with Crippen LogP contribution in [0.5, 0.6) is 0 Å². The SMILES string of the molecule is Cl.O=c1[nH]c(COC2CNC2)nc2ccccc12. The zero-order valence-corrected chi connectivity index (χ0v) is 10.5. The van der Waals surface area contributed by atoms with Gasteiger partial charge < -0.3 is 15.0 Å². The molecular formula is C12H14ClN3O2. The Morgan fingerprint density at radius 2 is 2.11 bits per heavy atom. The number of aromatic nitrogens is 2. The summed E-state index contributed by atoms with van der Waals surface area (Å²) in [4.78, 5) is 18.9. The van der Waals surface area contributed by atoms with E-state index in [1.807, 2.05) is 18.2 Å². The molecule has 96 valence electrons. The Hall–Kier alpha value is -1.43. The summed E-state index contributed by atoms with van der Waals surface area (Å²) < 4.78 is 5.57. The quantitative estimate of drug-likeness (QED) is 0.865. The second-order valence-corrected chi connectivity index (χ2v) is 4.12. The van der Waals surface area contributed by atoms with Gasteiger partial charge in [-0.25, -0.2) is 4.98 Å². The number of rotatable bonds is 3. The lowest BCUT2D eigenvalue weighted by Crippen LogP contribution is -2.48. The third-order valence-corrected chi connectivity index (χ3v) is 2.86. The number of ether oxygens (including phenoxy) is 1. The summed E-state index contributed by atoms with van der Waals surface area (Å²) in [7, 11) is 0. The van der Waals surface area contributed by atoms with Crippen LogP contribution in [-0.4, -0.2) is 29.2 Å². The molecule has 0 spiro atoms. The molecule has 0 saturated carbocycles. The first kappa shape index (κ1) is 13.0. The van der Waals surface area contributed by atoms with Crippen molar-refractivity contribution in [2.75, 3.05) is 13.1 Å². The van der Waals surface area contributed by atoms with Crippen molar-refractivity contribution in [3.63, 3.8) is 0 Å². The maximum atomic E-state index is 11.8. The highest BCUT2D eigenvalue weighted by atomic mass is 35.5. The highest BCUT2D eigenvalue weighted by Gasteiger charge is 2.17. The Kier molecular flexibility index (Phi) is 3.96. The van der Waals surface area contributed by atoms with E-state index in [2.05, 4.69) is 15.3 Å². The maximum absolute atomic E-state index is 11.8. The van der Waals surface area contributed by atoms with Gasteiger partial charge in [-0.05, 0) is 12.1 Å². The summed E-state index contributed by atoms with van der Waals surface area (Å²) in [5.41, 5.74) is 0.600. The first-order valence-corrected chi connectivity index (χ1v) is 5.63. The fourth-order valence-corrected chi connectivity index (χ4v) is 1.78. The molecule has 1 aromatic carbocycles. The molecule has 2 aromatic rings. The van der Waals surface area contributed by atoms with Gasteiger partial charge in [0.2, 0.25) is 0 Å². The summed E-state index contributed by atoms with van der Waals surface area (Å²) in [6.07, 6.45) is 0.242. The van der Waals surface area contributed by atoms with Gasteiger partial charge in [-0.15, -0.1) is 12.4 Å². The van der Waals surface area contributed by atoms with Crippen molar-refractivity contribution in [1.82, 2.24) is 15.3 Å². The number of aromatic amines is 1. The number of hydrogen-bond acceptors (Lipinski definition) is 4. The number of hydrogen-bond donors (Lipinski definition) is 2. The normalized spacial score (nSPS) is 15.1. The summed E-state index contributed by atoms with van der Waals surface area (Å²) >= 11 is 0. The van der Waals surface area contributed by atoms with Crippen LogP contribution in [0.3, 0.4) is 0 Å². The molecule has 1 aliphatic rings. The minimum atomic E-state index is -0.110. The first-order valence-electron chi connectivity index (χ1n) is 5.63. The number of nitrogens with one attached hydrogen (secondary N) is 2. The average Bonchev–Trinajstić information content (AvgIpc) is 2.27. The average molecular weight is 268 g/mol. The predicted octanol–water partition coefficient (Wildman–Crippen LogP) is 0.833. The lowest BCUT2D eigenvalue weighted by Gasteiger charge is -2.26. The van der Waals surface area contributed by atoms with Gasteiger partial charge in [0.25, 0.3) is 5.56 Å². The van der Waals surface area contributed by atoms with Crippen LogP contribution in [0.15, 0.2) is 29.1 Å². The highest BCUT2D eigenvalue weighted by Crippen LogP contribution is 2.07. The number of nitrogens with zero attached hydrogens (tertiary/aromatic N) is 1. The van der Waals surface area contributed by atoms with Crippen LogP contribution in [0.1, 0.15) is 5.82 Å². The van der Waals surface area contributed by atoms with Crippen molar-refractivity contribution in [3.8, 4) is 0 Å². The van der Waals surface area contributed by atoms with Crippen LogP contribution in [0.2, 0.25) is 0 Å². The molecule has 0 aliphatic carbocycles. The number of para-hydroxylation sites is 1. The molecule has 1 aliphatic heterocycles. The van der Waals surface area contributed by atoms with E-state index in [1.165, 1.54) is 0 Å². The van der Waals surface area contributed by atoms with Crippen LogP contribution < -0.4 is 10.9 Å². The third kappa shape index (κ3) is 2.53. The van der Waals surface area contributed by atoms with Crippen molar-refractivity contribution in [2.24, 2.45) is 0 Å². The van der Waals surface area contributed by atoms with Gasteiger partial charge >= 0.3 is 0 Å². The van der Waals surface area contributed by atoms with E-state index >= 15 is 0 Å². The molecule has 5 nitrogen and oxygen atoms in total. The van der Waals surface area contributed by atoms with Crippen LogP contribution in [0.4, 0.5) is 0 Å². The first-order chi connectivity index (χ1) is 8.33. The van der Waals surface area contributed by atoms with Crippen LogP contribution in [0, 0.1) is 0 Å². The molecular weight excluding hydrogens is 254 g/mol. The van der Waals surface area contributed by atoms with Crippen LogP contribution in [-0.2, 0) is 11.3 Å². The fourth-order valence-electron chi connectivity index (χ4n) is 1.78. The fraction of sp³-hybridized carbons (Fsp3) is 0.333. The van der Waals surface area contributed by atoms with E-state index in [0.29, 0.717) is 23.3 Å². The molecule has 1 saturated heterocycles. The Morgan fingerprint density at radius 1 is 1.33 bits per heavy atom. The van der Waals surface area contributed by atoms with Gasteiger partial charge in [-0.3, -0.25) is 4.79 Å². The van der Waals surface area contributed by atoms with Crippen molar-refractivity contribution >= 4 is 23.3 Å². The molecule has 1 aromatic heterocycles. The Bertz CT molecular complexity index is 595. The molecule has 3 rings (SSSR count). The van der Waals surface area contributed by atoms with E-state index in [4.69, 9.17) is 4.74 Å². The van der Waals surface area contributed by atoms with Crippen molar-refractivity contribution in [3.05, 3.63) is 40.4 Å². The lowest BCUT2D eigenvalue weighted by molar-refractivity contribution is 0.00444. The molecule has 0 atom stereocenters.